The lowest BCUT2D eigenvalue weighted by Gasteiger charge is -2.07. The number of anilines is 2. The normalized spacial score (nSPS) is 10.2. The molecule has 98 valence electrons. The molecule has 0 atom stereocenters. The average molecular weight is 258 g/mol. The Bertz CT molecular complexity index is 594. The van der Waals surface area contributed by atoms with Gasteiger partial charge >= 0.3 is 0 Å². The van der Waals surface area contributed by atoms with E-state index in [9.17, 15) is 9.18 Å². The highest BCUT2D eigenvalue weighted by Crippen LogP contribution is 2.16. The van der Waals surface area contributed by atoms with Crippen molar-refractivity contribution >= 4 is 17.3 Å². The molecular formula is C15H15FN2O. The Hall–Kier alpha value is -2.36. The molecule has 0 aliphatic heterocycles. The number of aryl methyl sites for hydroxylation is 1. The van der Waals surface area contributed by atoms with Crippen LogP contribution in [-0.2, 0) is 11.2 Å². The minimum absolute atomic E-state index is 0.188. The summed E-state index contributed by atoms with van der Waals surface area (Å²) in [6.07, 6.45) is 0.188. The second-order valence-corrected chi connectivity index (χ2v) is 4.45. The fourth-order valence-electron chi connectivity index (χ4n) is 1.75. The second-order valence-electron chi connectivity index (χ2n) is 4.45. The van der Waals surface area contributed by atoms with Crippen molar-refractivity contribution in [1.29, 1.82) is 0 Å². The van der Waals surface area contributed by atoms with E-state index in [0.717, 1.165) is 11.1 Å². The summed E-state index contributed by atoms with van der Waals surface area (Å²) in [5.41, 5.74) is 8.15. The van der Waals surface area contributed by atoms with Crippen molar-refractivity contribution in [3.8, 4) is 0 Å². The van der Waals surface area contributed by atoms with E-state index in [-0.39, 0.29) is 18.0 Å². The van der Waals surface area contributed by atoms with E-state index in [1.165, 1.54) is 6.07 Å². The van der Waals surface area contributed by atoms with Crippen LogP contribution in [0, 0.1) is 12.7 Å². The van der Waals surface area contributed by atoms with Gasteiger partial charge in [0.2, 0.25) is 5.91 Å². The predicted octanol–water partition coefficient (Wildman–Crippen LogP) is 2.90. The van der Waals surface area contributed by atoms with Gasteiger partial charge in [0.25, 0.3) is 0 Å². The Kier molecular flexibility index (Phi) is 3.80. The van der Waals surface area contributed by atoms with E-state index in [2.05, 4.69) is 5.32 Å². The van der Waals surface area contributed by atoms with Gasteiger partial charge in [-0.05, 0) is 42.3 Å². The van der Waals surface area contributed by atoms with Gasteiger partial charge in [0.1, 0.15) is 5.82 Å². The Morgan fingerprint density at radius 1 is 1.21 bits per heavy atom. The lowest BCUT2D eigenvalue weighted by atomic mass is 10.1. The molecule has 0 bridgehead atoms. The molecule has 0 radical (unpaired) electrons. The number of halogens is 1. The summed E-state index contributed by atoms with van der Waals surface area (Å²) in [5.74, 6) is -0.689. The third-order valence-corrected chi connectivity index (χ3v) is 2.74. The molecular weight excluding hydrogens is 243 g/mol. The van der Waals surface area contributed by atoms with Gasteiger partial charge in [-0.15, -0.1) is 0 Å². The molecule has 0 saturated carbocycles. The van der Waals surface area contributed by atoms with Crippen LogP contribution in [0.5, 0.6) is 0 Å². The van der Waals surface area contributed by atoms with Crippen molar-refractivity contribution in [2.75, 3.05) is 11.1 Å². The first-order valence-electron chi connectivity index (χ1n) is 5.95. The van der Waals surface area contributed by atoms with Crippen LogP contribution in [0.1, 0.15) is 11.1 Å². The van der Waals surface area contributed by atoms with E-state index in [1.807, 2.05) is 6.92 Å². The van der Waals surface area contributed by atoms with Crippen molar-refractivity contribution < 1.29 is 9.18 Å². The average Bonchev–Trinajstić information content (AvgIpc) is 2.37. The van der Waals surface area contributed by atoms with Crippen LogP contribution >= 0.6 is 0 Å². The van der Waals surface area contributed by atoms with Crippen LogP contribution in [0.25, 0.3) is 0 Å². The molecule has 0 heterocycles. The predicted molar refractivity (Wildman–Crippen MR) is 74.3 cm³/mol. The summed E-state index contributed by atoms with van der Waals surface area (Å²) in [4.78, 5) is 11.8. The summed E-state index contributed by atoms with van der Waals surface area (Å²) in [6, 6.07) is 11.6. The molecule has 1 amide bonds. The van der Waals surface area contributed by atoms with E-state index >= 15 is 0 Å². The van der Waals surface area contributed by atoms with E-state index in [0.29, 0.717) is 5.69 Å². The molecule has 0 spiro atoms. The topological polar surface area (TPSA) is 55.1 Å². The van der Waals surface area contributed by atoms with Gasteiger partial charge < -0.3 is 11.1 Å². The maximum atomic E-state index is 13.5. The van der Waals surface area contributed by atoms with Crippen LogP contribution in [0.15, 0.2) is 42.5 Å². The van der Waals surface area contributed by atoms with Crippen LogP contribution in [0.3, 0.4) is 0 Å². The van der Waals surface area contributed by atoms with Crippen LogP contribution in [-0.4, -0.2) is 5.91 Å². The highest BCUT2D eigenvalue weighted by atomic mass is 19.1. The van der Waals surface area contributed by atoms with Gasteiger partial charge in [0.15, 0.2) is 0 Å². The number of hydrogen-bond acceptors (Lipinski definition) is 2. The fourth-order valence-corrected chi connectivity index (χ4v) is 1.75. The Labute approximate surface area is 111 Å². The number of carbonyl (C=O) groups excluding carboxylic acids is 1. The molecule has 0 saturated heterocycles. The van der Waals surface area contributed by atoms with Crippen molar-refractivity contribution in [2.45, 2.75) is 13.3 Å². The first kappa shape index (κ1) is 13.1. The van der Waals surface area contributed by atoms with Crippen molar-refractivity contribution in [3.63, 3.8) is 0 Å². The van der Waals surface area contributed by atoms with Crippen LogP contribution in [0.2, 0.25) is 0 Å². The number of amides is 1. The van der Waals surface area contributed by atoms with Gasteiger partial charge in [0, 0.05) is 5.69 Å². The lowest BCUT2D eigenvalue weighted by Crippen LogP contribution is -2.15. The van der Waals surface area contributed by atoms with Crippen LogP contribution in [0.4, 0.5) is 15.8 Å². The number of benzene rings is 2. The van der Waals surface area contributed by atoms with Gasteiger partial charge in [0.05, 0.1) is 12.1 Å². The molecule has 2 rings (SSSR count). The van der Waals surface area contributed by atoms with Gasteiger partial charge in [-0.25, -0.2) is 4.39 Å². The standard InChI is InChI=1S/C15H15FN2O/c1-10-2-7-13(16)14(8-10)18-15(19)9-11-3-5-12(17)6-4-11/h2-8H,9,17H2,1H3,(H,18,19). The molecule has 0 unspecified atom stereocenters. The van der Waals surface area contributed by atoms with Gasteiger partial charge in [-0.3, -0.25) is 4.79 Å². The number of nitrogens with two attached hydrogens (primary N) is 1. The van der Waals surface area contributed by atoms with Crippen molar-refractivity contribution in [1.82, 2.24) is 0 Å². The molecule has 4 heteroatoms. The zero-order chi connectivity index (χ0) is 13.8. The molecule has 2 aromatic carbocycles. The molecule has 3 N–H and O–H groups in total. The van der Waals surface area contributed by atoms with Gasteiger partial charge in [-0.1, -0.05) is 18.2 Å². The first-order valence-corrected chi connectivity index (χ1v) is 5.95. The largest absolute Gasteiger partial charge is 0.399 e. The summed E-state index contributed by atoms with van der Waals surface area (Å²) in [6.45, 7) is 1.84. The molecule has 0 aliphatic rings. The molecule has 3 nitrogen and oxygen atoms in total. The minimum Gasteiger partial charge on any atom is -0.399 e. The molecule has 19 heavy (non-hydrogen) atoms. The monoisotopic (exact) mass is 258 g/mol. The Morgan fingerprint density at radius 3 is 2.58 bits per heavy atom. The van der Waals surface area contributed by atoms with Crippen molar-refractivity contribution in [2.24, 2.45) is 0 Å². The number of rotatable bonds is 3. The lowest BCUT2D eigenvalue weighted by molar-refractivity contribution is -0.115. The smallest absolute Gasteiger partial charge is 0.228 e. The fraction of sp³-hybridized carbons (Fsp3) is 0.133. The Morgan fingerprint density at radius 2 is 1.89 bits per heavy atom. The summed E-state index contributed by atoms with van der Waals surface area (Å²) in [7, 11) is 0. The third kappa shape index (κ3) is 3.55. The maximum Gasteiger partial charge on any atom is 0.228 e. The number of carbonyl (C=O) groups is 1. The minimum atomic E-state index is -0.434. The van der Waals surface area contributed by atoms with Gasteiger partial charge in [-0.2, -0.15) is 0 Å². The molecule has 0 aromatic heterocycles. The summed E-state index contributed by atoms with van der Waals surface area (Å²) < 4.78 is 13.5. The third-order valence-electron chi connectivity index (χ3n) is 2.74. The van der Waals surface area contributed by atoms with E-state index in [1.54, 1.807) is 36.4 Å². The highest BCUT2D eigenvalue weighted by molar-refractivity contribution is 5.92. The second kappa shape index (κ2) is 5.52. The summed E-state index contributed by atoms with van der Waals surface area (Å²) in [5, 5.41) is 2.57. The number of hydrogen-bond donors (Lipinski definition) is 2. The Balaban J connectivity index is 2.05. The summed E-state index contributed by atoms with van der Waals surface area (Å²) >= 11 is 0. The number of nitrogen functional groups attached to an aromatic ring is 1. The maximum absolute atomic E-state index is 13.5. The quantitative estimate of drug-likeness (QED) is 0.832. The zero-order valence-corrected chi connectivity index (χ0v) is 10.6. The molecule has 0 aliphatic carbocycles. The first-order chi connectivity index (χ1) is 9.04. The number of nitrogens with one attached hydrogen (secondary N) is 1. The molecule has 2 aromatic rings. The molecule has 0 fully saturated rings. The SMILES string of the molecule is Cc1ccc(F)c(NC(=O)Cc2ccc(N)cc2)c1. The van der Waals surface area contributed by atoms with E-state index < -0.39 is 5.82 Å². The highest BCUT2D eigenvalue weighted by Gasteiger charge is 2.08. The van der Waals surface area contributed by atoms with Crippen molar-refractivity contribution in [3.05, 3.63) is 59.4 Å². The van der Waals surface area contributed by atoms with E-state index in [4.69, 9.17) is 5.73 Å². The zero-order valence-electron chi connectivity index (χ0n) is 10.6. The van der Waals surface area contributed by atoms with Crippen LogP contribution < -0.4 is 11.1 Å².